The predicted octanol–water partition coefficient (Wildman–Crippen LogP) is 3.86. The number of ether oxygens (including phenoxy) is 1. The van der Waals surface area contributed by atoms with Crippen LogP contribution in [0.5, 0.6) is 0 Å². The number of halogens is 1. The van der Waals surface area contributed by atoms with Crippen molar-refractivity contribution in [2.75, 3.05) is 11.3 Å². The maximum atomic E-state index is 12.3. The molecule has 114 valence electrons. The minimum atomic E-state index is -3.71. The molecule has 0 aliphatic carbocycles. The molecule has 21 heavy (non-hydrogen) atoms. The Morgan fingerprint density at radius 2 is 2.10 bits per heavy atom. The van der Waals surface area contributed by atoms with Crippen molar-refractivity contribution in [2.45, 2.75) is 18.1 Å². The lowest BCUT2D eigenvalue weighted by Crippen LogP contribution is -2.13. The fourth-order valence-electron chi connectivity index (χ4n) is 1.56. The Morgan fingerprint density at radius 1 is 1.38 bits per heavy atom. The zero-order valence-electron chi connectivity index (χ0n) is 11.2. The van der Waals surface area contributed by atoms with E-state index in [1.165, 1.54) is 17.4 Å². The Hall–Kier alpha value is -0.900. The third-order valence-electron chi connectivity index (χ3n) is 2.39. The molecule has 0 spiro atoms. The summed E-state index contributed by atoms with van der Waals surface area (Å²) in [7, 11) is -3.71. The highest BCUT2D eigenvalue weighted by atomic mass is 79.9. The van der Waals surface area contributed by atoms with Crippen LogP contribution in [0.4, 0.5) is 5.00 Å². The number of carbonyl (C=O) groups excluding carboxylic acids is 1. The third kappa shape index (κ3) is 3.85. The van der Waals surface area contributed by atoms with E-state index >= 15 is 0 Å². The summed E-state index contributed by atoms with van der Waals surface area (Å²) in [5.41, 5.74) is 0.235. The molecule has 1 N–H and O–H groups in total. The minimum absolute atomic E-state index is 0.176. The maximum Gasteiger partial charge on any atom is 0.341 e. The van der Waals surface area contributed by atoms with Gasteiger partial charge in [-0.05, 0) is 48.0 Å². The Kier molecular flexibility index (Phi) is 5.07. The molecular weight excluding hydrogens is 398 g/mol. The second kappa shape index (κ2) is 6.47. The molecule has 0 aromatic carbocycles. The van der Waals surface area contributed by atoms with Crippen LogP contribution in [0.25, 0.3) is 0 Å². The number of hydrogen-bond donors (Lipinski definition) is 1. The van der Waals surface area contributed by atoms with Crippen LogP contribution in [0.15, 0.2) is 26.2 Å². The molecule has 0 amide bonds. The molecule has 2 aromatic heterocycles. The van der Waals surface area contributed by atoms with E-state index in [-0.39, 0.29) is 21.4 Å². The second-order valence-electron chi connectivity index (χ2n) is 3.98. The summed E-state index contributed by atoms with van der Waals surface area (Å²) in [5.74, 6) is -0.535. The second-order valence-corrected chi connectivity index (χ2v) is 9.61. The van der Waals surface area contributed by atoms with Crippen LogP contribution >= 0.6 is 38.6 Å². The number of hydrogen-bond acceptors (Lipinski definition) is 6. The van der Waals surface area contributed by atoms with Gasteiger partial charge in [-0.15, -0.1) is 22.7 Å². The van der Waals surface area contributed by atoms with E-state index in [2.05, 4.69) is 20.7 Å². The van der Waals surface area contributed by atoms with Crippen LogP contribution in [-0.2, 0) is 14.8 Å². The van der Waals surface area contributed by atoms with Crippen molar-refractivity contribution in [3.8, 4) is 0 Å². The summed E-state index contributed by atoms with van der Waals surface area (Å²) >= 11 is 5.53. The number of rotatable bonds is 5. The monoisotopic (exact) mass is 409 g/mol. The summed E-state index contributed by atoms with van der Waals surface area (Å²) in [6.45, 7) is 3.73. The molecule has 5 nitrogen and oxygen atoms in total. The highest BCUT2D eigenvalue weighted by Gasteiger charge is 2.23. The molecule has 0 saturated heterocycles. The van der Waals surface area contributed by atoms with Crippen LogP contribution in [0.3, 0.4) is 0 Å². The number of sulfonamides is 1. The Bertz CT molecular complexity index is 763. The lowest BCUT2D eigenvalue weighted by molar-refractivity contribution is 0.0528. The van der Waals surface area contributed by atoms with Gasteiger partial charge < -0.3 is 4.74 Å². The first-order valence-electron chi connectivity index (χ1n) is 5.89. The molecule has 2 aromatic rings. The van der Waals surface area contributed by atoms with Gasteiger partial charge in [0.15, 0.2) is 0 Å². The third-order valence-corrected chi connectivity index (χ3v) is 6.95. The van der Waals surface area contributed by atoms with Crippen molar-refractivity contribution < 1.29 is 17.9 Å². The fraction of sp³-hybridized carbons (Fsp3) is 0.250. The topological polar surface area (TPSA) is 72.5 Å². The van der Waals surface area contributed by atoms with Gasteiger partial charge in [-0.1, -0.05) is 0 Å². The van der Waals surface area contributed by atoms with Crippen molar-refractivity contribution in [1.29, 1.82) is 0 Å². The number of anilines is 1. The van der Waals surface area contributed by atoms with Crippen LogP contribution in [0, 0.1) is 6.92 Å². The standard InChI is InChI=1S/C12H12BrNO4S3/c1-3-18-12(15)8-6-7(2)19-11(8)14-21(16,17)10-5-4-9(13)20-10/h4-6,14H,3H2,1-2H3. The van der Waals surface area contributed by atoms with Gasteiger partial charge in [-0.2, -0.15) is 0 Å². The molecule has 0 fully saturated rings. The summed E-state index contributed by atoms with van der Waals surface area (Å²) < 4.78 is 32.9. The average molecular weight is 410 g/mol. The summed E-state index contributed by atoms with van der Waals surface area (Å²) in [6.07, 6.45) is 0. The van der Waals surface area contributed by atoms with Crippen LogP contribution < -0.4 is 4.72 Å². The van der Waals surface area contributed by atoms with Crippen molar-refractivity contribution in [2.24, 2.45) is 0 Å². The van der Waals surface area contributed by atoms with Gasteiger partial charge in [0.05, 0.1) is 16.0 Å². The number of carbonyl (C=O) groups is 1. The largest absolute Gasteiger partial charge is 0.462 e. The Morgan fingerprint density at radius 3 is 2.67 bits per heavy atom. The van der Waals surface area contributed by atoms with Crippen molar-refractivity contribution in [3.63, 3.8) is 0 Å². The summed E-state index contributed by atoms with van der Waals surface area (Å²) in [5, 5.41) is 0.274. The molecular formula is C12H12BrNO4S3. The van der Waals surface area contributed by atoms with Gasteiger partial charge in [0.25, 0.3) is 10.0 Å². The van der Waals surface area contributed by atoms with Crippen molar-refractivity contribution in [1.82, 2.24) is 0 Å². The number of nitrogens with one attached hydrogen (secondary N) is 1. The fourth-order valence-corrected chi connectivity index (χ4v) is 5.79. The van der Waals surface area contributed by atoms with Crippen molar-refractivity contribution >= 4 is 59.6 Å². The molecule has 0 aliphatic heterocycles. The van der Waals surface area contributed by atoms with Crippen LogP contribution in [0.1, 0.15) is 22.2 Å². The van der Waals surface area contributed by atoms with Gasteiger partial charge in [0.1, 0.15) is 9.21 Å². The Labute approximate surface area is 139 Å². The van der Waals surface area contributed by atoms with E-state index in [0.29, 0.717) is 0 Å². The summed E-state index contributed by atoms with van der Waals surface area (Å²) in [4.78, 5) is 12.7. The SMILES string of the molecule is CCOC(=O)c1cc(C)sc1NS(=O)(=O)c1ccc(Br)s1. The van der Waals surface area contributed by atoms with Gasteiger partial charge >= 0.3 is 5.97 Å². The lowest BCUT2D eigenvalue weighted by Gasteiger charge is -2.06. The predicted molar refractivity (Wildman–Crippen MR) is 87.8 cm³/mol. The molecule has 9 heteroatoms. The van der Waals surface area contributed by atoms with Gasteiger partial charge in [-0.25, -0.2) is 13.2 Å². The maximum absolute atomic E-state index is 12.3. The highest BCUT2D eigenvalue weighted by molar-refractivity contribution is 9.11. The minimum Gasteiger partial charge on any atom is -0.462 e. The van der Waals surface area contributed by atoms with Crippen LogP contribution in [0.2, 0.25) is 0 Å². The molecule has 0 aliphatic rings. The number of thiophene rings is 2. The van der Waals surface area contributed by atoms with E-state index in [4.69, 9.17) is 4.74 Å². The zero-order chi connectivity index (χ0) is 15.6. The van der Waals surface area contributed by atoms with Gasteiger partial charge in [-0.3, -0.25) is 4.72 Å². The normalized spacial score (nSPS) is 11.4. The molecule has 0 atom stereocenters. The van der Waals surface area contributed by atoms with E-state index in [1.54, 1.807) is 26.0 Å². The smallest absolute Gasteiger partial charge is 0.341 e. The van der Waals surface area contributed by atoms with E-state index < -0.39 is 16.0 Å². The van der Waals surface area contributed by atoms with E-state index in [0.717, 1.165) is 20.0 Å². The molecule has 0 bridgehead atoms. The first-order chi connectivity index (χ1) is 9.83. The first kappa shape index (κ1) is 16.5. The first-order valence-corrected chi connectivity index (χ1v) is 9.80. The highest BCUT2D eigenvalue weighted by Crippen LogP contribution is 2.32. The molecule has 0 saturated carbocycles. The lowest BCUT2D eigenvalue weighted by atomic mass is 10.3. The van der Waals surface area contributed by atoms with Gasteiger partial charge in [0, 0.05) is 4.88 Å². The molecule has 0 radical (unpaired) electrons. The van der Waals surface area contributed by atoms with Gasteiger partial charge in [0.2, 0.25) is 0 Å². The quantitative estimate of drug-likeness (QED) is 0.760. The van der Waals surface area contributed by atoms with E-state index in [1.807, 2.05) is 0 Å². The average Bonchev–Trinajstić information content (AvgIpc) is 2.96. The zero-order valence-corrected chi connectivity index (χ0v) is 15.2. The molecule has 0 unspecified atom stereocenters. The van der Waals surface area contributed by atoms with Crippen LogP contribution in [-0.4, -0.2) is 21.0 Å². The number of esters is 1. The molecule has 2 heterocycles. The Balaban J connectivity index is 2.33. The number of aryl methyl sites for hydroxylation is 1. The van der Waals surface area contributed by atoms with E-state index in [9.17, 15) is 13.2 Å². The molecule has 2 rings (SSSR count). The summed E-state index contributed by atoms with van der Waals surface area (Å²) in [6, 6.07) is 4.78. The van der Waals surface area contributed by atoms with Crippen molar-refractivity contribution in [3.05, 3.63) is 32.4 Å².